The summed E-state index contributed by atoms with van der Waals surface area (Å²) in [6.07, 6.45) is 0.615. The first-order chi connectivity index (χ1) is 5.16. The molecule has 0 aliphatic carbocycles. The zero-order valence-electron chi connectivity index (χ0n) is 6.06. The molecule has 11 heavy (non-hydrogen) atoms. The van der Waals surface area contributed by atoms with Crippen molar-refractivity contribution in [3.05, 3.63) is 28.0 Å². The molecule has 0 spiro atoms. The van der Waals surface area contributed by atoms with Crippen molar-refractivity contribution in [2.24, 2.45) is 0 Å². The molecule has 1 N–H and O–H groups in total. The molecule has 0 atom stereocenters. The van der Waals surface area contributed by atoms with Crippen LogP contribution in [0.3, 0.4) is 0 Å². The van der Waals surface area contributed by atoms with Gasteiger partial charge in [-0.3, -0.25) is 0 Å². The van der Waals surface area contributed by atoms with E-state index < -0.39 is 5.82 Å². The SMILES string of the molecule is CCc1c(Br)ccc(F)c1O. The Morgan fingerprint density at radius 2 is 2.18 bits per heavy atom. The van der Waals surface area contributed by atoms with Crippen molar-refractivity contribution in [3.63, 3.8) is 0 Å². The van der Waals surface area contributed by atoms with Crippen LogP contribution < -0.4 is 0 Å². The third-order valence-corrected chi connectivity index (χ3v) is 2.27. The first-order valence-electron chi connectivity index (χ1n) is 3.32. The fourth-order valence-corrected chi connectivity index (χ4v) is 1.52. The van der Waals surface area contributed by atoms with Gasteiger partial charge in [-0.25, -0.2) is 4.39 Å². The molecule has 0 fully saturated rings. The quantitative estimate of drug-likeness (QED) is 0.769. The molecule has 1 aromatic carbocycles. The predicted molar refractivity (Wildman–Crippen MR) is 45.1 cm³/mol. The van der Waals surface area contributed by atoms with E-state index in [1.807, 2.05) is 6.92 Å². The van der Waals surface area contributed by atoms with E-state index in [4.69, 9.17) is 0 Å². The molecular weight excluding hydrogens is 211 g/mol. The highest BCUT2D eigenvalue weighted by atomic mass is 79.9. The second kappa shape index (κ2) is 3.22. The van der Waals surface area contributed by atoms with Crippen LogP contribution in [0.1, 0.15) is 12.5 Å². The Balaban J connectivity index is 3.29. The summed E-state index contributed by atoms with van der Waals surface area (Å²) < 4.78 is 13.4. The van der Waals surface area contributed by atoms with E-state index in [-0.39, 0.29) is 5.75 Å². The summed E-state index contributed by atoms with van der Waals surface area (Å²) in [6, 6.07) is 2.83. The van der Waals surface area contributed by atoms with Crippen LogP contribution in [0.4, 0.5) is 4.39 Å². The van der Waals surface area contributed by atoms with E-state index >= 15 is 0 Å². The Hall–Kier alpha value is -0.570. The summed E-state index contributed by atoms with van der Waals surface area (Å²) in [7, 11) is 0. The molecule has 1 aromatic rings. The van der Waals surface area contributed by atoms with Crippen LogP contribution in [-0.4, -0.2) is 5.11 Å². The summed E-state index contributed by atoms with van der Waals surface area (Å²) in [5, 5.41) is 9.17. The zero-order valence-corrected chi connectivity index (χ0v) is 7.65. The summed E-state index contributed by atoms with van der Waals surface area (Å²) >= 11 is 3.21. The average molecular weight is 219 g/mol. The lowest BCUT2D eigenvalue weighted by atomic mass is 10.1. The Morgan fingerprint density at radius 1 is 1.55 bits per heavy atom. The van der Waals surface area contributed by atoms with E-state index in [9.17, 15) is 9.50 Å². The highest BCUT2D eigenvalue weighted by Crippen LogP contribution is 2.28. The second-order valence-corrected chi connectivity index (χ2v) is 3.06. The lowest BCUT2D eigenvalue weighted by molar-refractivity contribution is 0.426. The molecule has 0 aromatic heterocycles. The van der Waals surface area contributed by atoms with Crippen molar-refractivity contribution in [2.75, 3.05) is 0 Å². The number of phenolic OH excluding ortho intramolecular Hbond substituents is 1. The lowest BCUT2D eigenvalue weighted by Gasteiger charge is -2.04. The molecule has 3 heteroatoms. The molecule has 0 saturated heterocycles. The van der Waals surface area contributed by atoms with E-state index in [2.05, 4.69) is 15.9 Å². The number of benzene rings is 1. The number of aromatic hydroxyl groups is 1. The van der Waals surface area contributed by atoms with Gasteiger partial charge < -0.3 is 5.11 Å². The normalized spacial score (nSPS) is 10.1. The molecule has 0 radical (unpaired) electrons. The molecule has 0 bridgehead atoms. The highest BCUT2D eigenvalue weighted by molar-refractivity contribution is 9.10. The molecule has 0 aliphatic heterocycles. The van der Waals surface area contributed by atoms with Gasteiger partial charge in [-0.05, 0) is 18.6 Å². The van der Waals surface area contributed by atoms with Gasteiger partial charge in [0, 0.05) is 10.0 Å². The minimum absolute atomic E-state index is 0.248. The molecule has 0 heterocycles. The Morgan fingerprint density at radius 3 is 2.64 bits per heavy atom. The minimum Gasteiger partial charge on any atom is -0.505 e. The van der Waals surface area contributed by atoms with Crippen LogP contribution in [-0.2, 0) is 6.42 Å². The number of hydrogen-bond donors (Lipinski definition) is 1. The van der Waals surface area contributed by atoms with Gasteiger partial charge in [-0.2, -0.15) is 0 Å². The molecule has 0 amide bonds. The van der Waals surface area contributed by atoms with Crippen molar-refractivity contribution in [3.8, 4) is 5.75 Å². The molecule has 0 aliphatic rings. The minimum atomic E-state index is -0.565. The third kappa shape index (κ3) is 1.53. The Bertz CT molecular complexity index is 273. The Kier molecular flexibility index (Phi) is 2.49. The first kappa shape index (κ1) is 8.53. The van der Waals surface area contributed by atoms with Gasteiger partial charge in [0.15, 0.2) is 11.6 Å². The number of halogens is 2. The molecule has 1 nitrogen and oxygen atoms in total. The van der Waals surface area contributed by atoms with Gasteiger partial charge in [0.2, 0.25) is 0 Å². The maximum Gasteiger partial charge on any atom is 0.165 e. The van der Waals surface area contributed by atoms with Gasteiger partial charge in [-0.15, -0.1) is 0 Å². The largest absolute Gasteiger partial charge is 0.505 e. The monoisotopic (exact) mass is 218 g/mol. The standard InChI is InChI=1S/C8H8BrFO/c1-2-5-6(9)3-4-7(10)8(5)11/h3-4,11H,2H2,1H3. The zero-order chi connectivity index (χ0) is 8.43. The van der Waals surface area contributed by atoms with Crippen LogP contribution in [0, 0.1) is 5.82 Å². The smallest absolute Gasteiger partial charge is 0.165 e. The van der Waals surface area contributed by atoms with Crippen molar-refractivity contribution < 1.29 is 9.50 Å². The summed E-state index contributed by atoms with van der Waals surface area (Å²) in [6.45, 7) is 1.86. The summed E-state index contributed by atoms with van der Waals surface area (Å²) in [5.41, 5.74) is 0.616. The molecule has 60 valence electrons. The molecule has 0 unspecified atom stereocenters. The average Bonchev–Trinajstić information content (AvgIpc) is 1.99. The fourth-order valence-electron chi connectivity index (χ4n) is 0.919. The van der Waals surface area contributed by atoms with Gasteiger partial charge in [-0.1, -0.05) is 22.9 Å². The topological polar surface area (TPSA) is 20.2 Å². The summed E-state index contributed by atoms with van der Waals surface area (Å²) in [4.78, 5) is 0. The second-order valence-electron chi connectivity index (χ2n) is 2.21. The van der Waals surface area contributed by atoms with Crippen LogP contribution in [0.2, 0.25) is 0 Å². The fraction of sp³-hybridized carbons (Fsp3) is 0.250. The Labute approximate surface area is 73.0 Å². The maximum absolute atomic E-state index is 12.7. The number of phenols is 1. The van der Waals surface area contributed by atoms with E-state index in [1.165, 1.54) is 6.07 Å². The number of hydrogen-bond acceptors (Lipinski definition) is 1. The van der Waals surface area contributed by atoms with Crippen molar-refractivity contribution in [1.29, 1.82) is 0 Å². The summed E-state index contributed by atoms with van der Waals surface area (Å²) in [5.74, 6) is -0.813. The van der Waals surface area contributed by atoms with Crippen LogP contribution in [0.15, 0.2) is 16.6 Å². The maximum atomic E-state index is 12.7. The van der Waals surface area contributed by atoms with Gasteiger partial charge in [0.05, 0.1) is 0 Å². The molecule has 1 rings (SSSR count). The van der Waals surface area contributed by atoms with E-state index in [0.29, 0.717) is 12.0 Å². The van der Waals surface area contributed by atoms with Crippen LogP contribution in [0.25, 0.3) is 0 Å². The van der Waals surface area contributed by atoms with Gasteiger partial charge >= 0.3 is 0 Å². The van der Waals surface area contributed by atoms with Gasteiger partial charge in [0.25, 0.3) is 0 Å². The first-order valence-corrected chi connectivity index (χ1v) is 4.12. The highest BCUT2D eigenvalue weighted by Gasteiger charge is 2.08. The van der Waals surface area contributed by atoms with E-state index in [0.717, 1.165) is 4.47 Å². The predicted octanol–water partition coefficient (Wildman–Crippen LogP) is 2.86. The van der Waals surface area contributed by atoms with E-state index in [1.54, 1.807) is 6.07 Å². The van der Waals surface area contributed by atoms with Crippen molar-refractivity contribution in [1.82, 2.24) is 0 Å². The third-order valence-electron chi connectivity index (χ3n) is 1.53. The number of rotatable bonds is 1. The molecular formula is C8H8BrFO. The molecule has 0 saturated carbocycles. The lowest BCUT2D eigenvalue weighted by Crippen LogP contribution is -1.86. The van der Waals surface area contributed by atoms with Crippen LogP contribution >= 0.6 is 15.9 Å². The van der Waals surface area contributed by atoms with Crippen LogP contribution in [0.5, 0.6) is 5.75 Å². The van der Waals surface area contributed by atoms with Crippen molar-refractivity contribution in [2.45, 2.75) is 13.3 Å². The van der Waals surface area contributed by atoms with Crippen molar-refractivity contribution >= 4 is 15.9 Å². The van der Waals surface area contributed by atoms with Gasteiger partial charge in [0.1, 0.15) is 0 Å².